The lowest BCUT2D eigenvalue weighted by atomic mass is 10.2. The van der Waals surface area contributed by atoms with E-state index in [-0.39, 0.29) is 0 Å². The third-order valence-corrected chi connectivity index (χ3v) is 3.61. The Kier molecular flexibility index (Phi) is 2.74. The van der Waals surface area contributed by atoms with Crippen LogP contribution < -0.4 is 5.84 Å². The standard InChI is InChI=1S/C13H10N4S/c14-16-7-9-3-4-11-12(6-9)18-13(17-11)10-2-1-5-15-8-10/h1-8H,14H2. The molecule has 0 spiro atoms. The van der Waals surface area contributed by atoms with Gasteiger partial charge in [0.25, 0.3) is 0 Å². The summed E-state index contributed by atoms with van der Waals surface area (Å²) in [5, 5.41) is 4.50. The quantitative estimate of drug-likeness (QED) is 0.434. The number of aromatic nitrogens is 2. The van der Waals surface area contributed by atoms with Gasteiger partial charge in [0.15, 0.2) is 0 Å². The first-order valence-corrected chi connectivity index (χ1v) is 6.23. The molecule has 5 heteroatoms. The Morgan fingerprint density at radius 1 is 1.28 bits per heavy atom. The maximum atomic E-state index is 5.15. The van der Waals surface area contributed by atoms with Gasteiger partial charge in [0.1, 0.15) is 5.01 Å². The van der Waals surface area contributed by atoms with Crippen molar-refractivity contribution in [2.75, 3.05) is 0 Å². The molecule has 18 heavy (non-hydrogen) atoms. The number of nitrogens with zero attached hydrogens (tertiary/aromatic N) is 3. The molecule has 2 aromatic heterocycles. The predicted molar refractivity (Wildman–Crippen MR) is 74.6 cm³/mol. The van der Waals surface area contributed by atoms with E-state index in [0.29, 0.717) is 0 Å². The number of hydrogen-bond donors (Lipinski definition) is 1. The van der Waals surface area contributed by atoms with E-state index >= 15 is 0 Å². The minimum Gasteiger partial charge on any atom is -0.323 e. The largest absolute Gasteiger partial charge is 0.323 e. The molecule has 0 amide bonds. The van der Waals surface area contributed by atoms with E-state index in [2.05, 4.69) is 15.1 Å². The Morgan fingerprint density at radius 3 is 3.00 bits per heavy atom. The number of benzene rings is 1. The fourth-order valence-electron chi connectivity index (χ4n) is 1.72. The zero-order valence-electron chi connectivity index (χ0n) is 9.45. The topological polar surface area (TPSA) is 64.2 Å². The molecule has 3 rings (SSSR count). The number of hydrogen-bond acceptors (Lipinski definition) is 5. The molecule has 4 nitrogen and oxygen atoms in total. The Morgan fingerprint density at radius 2 is 2.22 bits per heavy atom. The van der Waals surface area contributed by atoms with E-state index in [1.54, 1.807) is 23.7 Å². The molecular weight excluding hydrogens is 244 g/mol. The summed E-state index contributed by atoms with van der Waals surface area (Å²) in [6.45, 7) is 0. The van der Waals surface area contributed by atoms with Gasteiger partial charge in [-0.2, -0.15) is 5.10 Å². The number of nitrogens with two attached hydrogens (primary N) is 1. The van der Waals surface area contributed by atoms with Crippen molar-refractivity contribution in [3.63, 3.8) is 0 Å². The molecule has 0 saturated carbocycles. The van der Waals surface area contributed by atoms with E-state index < -0.39 is 0 Å². The number of rotatable bonds is 2. The summed E-state index contributed by atoms with van der Waals surface area (Å²) in [4.78, 5) is 8.69. The first-order chi connectivity index (χ1) is 8.86. The highest BCUT2D eigenvalue weighted by Gasteiger charge is 2.06. The highest BCUT2D eigenvalue weighted by Crippen LogP contribution is 2.29. The van der Waals surface area contributed by atoms with Gasteiger partial charge >= 0.3 is 0 Å². The first-order valence-electron chi connectivity index (χ1n) is 5.41. The molecule has 0 saturated heterocycles. The van der Waals surface area contributed by atoms with Crippen LogP contribution in [-0.4, -0.2) is 16.2 Å². The summed E-state index contributed by atoms with van der Waals surface area (Å²) >= 11 is 1.64. The van der Waals surface area contributed by atoms with Crippen LogP contribution in [0, 0.1) is 0 Å². The molecule has 0 bridgehead atoms. The van der Waals surface area contributed by atoms with Crippen LogP contribution in [0.5, 0.6) is 0 Å². The zero-order chi connectivity index (χ0) is 12.4. The summed E-state index contributed by atoms with van der Waals surface area (Å²) in [6, 6.07) is 9.87. The minimum atomic E-state index is 0.972. The van der Waals surface area contributed by atoms with Gasteiger partial charge < -0.3 is 5.84 Å². The highest BCUT2D eigenvalue weighted by molar-refractivity contribution is 7.21. The third kappa shape index (κ3) is 1.96. The molecule has 0 fully saturated rings. The van der Waals surface area contributed by atoms with Crippen LogP contribution in [0.4, 0.5) is 0 Å². The number of hydrazone groups is 1. The fourth-order valence-corrected chi connectivity index (χ4v) is 2.72. The predicted octanol–water partition coefficient (Wildman–Crippen LogP) is 2.65. The van der Waals surface area contributed by atoms with Gasteiger partial charge in [-0.3, -0.25) is 4.98 Å². The van der Waals surface area contributed by atoms with Crippen molar-refractivity contribution >= 4 is 27.8 Å². The van der Waals surface area contributed by atoms with Crippen molar-refractivity contribution < 1.29 is 0 Å². The lowest BCUT2D eigenvalue weighted by Gasteiger charge is -1.91. The Balaban J connectivity index is 2.11. The summed E-state index contributed by atoms with van der Waals surface area (Å²) < 4.78 is 1.12. The van der Waals surface area contributed by atoms with Gasteiger partial charge in [-0.15, -0.1) is 11.3 Å². The van der Waals surface area contributed by atoms with Gasteiger partial charge in [0.2, 0.25) is 0 Å². The first kappa shape index (κ1) is 10.9. The van der Waals surface area contributed by atoms with Crippen molar-refractivity contribution in [1.82, 2.24) is 9.97 Å². The van der Waals surface area contributed by atoms with E-state index in [9.17, 15) is 0 Å². The van der Waals surface area contributed by atoms with Crippen molar-refractivity contribution in [2.45, 2.75) is 0 Å². The normalized spacial score (nSPS) is 11.3. The Bertz CT molecular complexity index is 703. The van der Waals surface area contributed by atoms with E-state index in [4.69, 9.17) is 5.84 Å². The van der Waals surface area contributed by atoms with Gasteiger partial charge in [-0.1, -0.05) is 6.07 Å². The number of fused-ring (bicyclic) bond motifs is 1. The van der Waals surface area contributed by atoms with Crippen molar-refractivity contribution in [3.05, 3.63) is 48.3 Å². The average molecular weight is 254 g/mol. The maximum Gasteiger partial charge on any atom is 0.126 e. The molecule has 3 aromatic rings. The molecule has 0 aliphatic carbocycles. The molecule has 2 heterocycles. The summed E-state index contributed by atoms with van der Waals surface area (Å²) in [6.07, 6.45) is 5.20. The molecule has 0 aliphatic rings. The molecule has 88 valence electrons. The van der Waals surface area contributed by atoms with Crippen molar-refractivity contribution in [3.8, 4) is 10.6 Å². The second-order valence-corrected chi connectivity index (χ2v) is 4.80. The second-order valence-electron chi connectivity index (χ2n) is 3.77. The van der Waals surface area contributed by atoms with Crippen LogP contribution in [0.3, 0.4) is 0 Å². The lowest BCUT2D eigenvalue weighted by molar-refractivity contribution is 1.26. The molecular formula is C13H10N4S. The van der Waals surface area contributed by atoms with E-state index in [1.807, 2.05) is 36.5 Å². The Hall–Kier alpha value is -2.27. The average Bonchev–Trinajstić information content (AvgIpc) is 2.83. The second kappa shape index (κ2) is 4.54. The lowest BCUT2D eigenvalue weighted by Crippen LogP contribution is -1.85. The van der Waals surface area contributed by atoms with Gasteiger partial charge in [-0.25, -0.2) is 4.98 Å². The van der Waals surface area contributed by atoms with Gasteiger partial charge in [0, 0.05) is 18.0 Å². The van der Waals surface area contributed by atoms with Crippen LogP contribution in [-0.2, 0) is 0 Å². The third-order valence-electron chi connectivity index (χ3n) is 2.54. The van der Waals surface area contributed by atoms with Crippen LogP contribution in [0.25, 0.3) is 20.8 Å². The van der Waals surface area contributed by atoms with Crippen LogP contribution in [0.2, 0.25) is 0 Å². The highest BCUT2D eigenvalue weighted by atomic mass is 32.1. The smallest absolute Gasteiger partial charge is 0.126 e. The van der Waals surface area contributed by atoms with Crippen LogP contribution in [0.1, 0.15) is 5.56 Å². The van der Waals surface area contributed by atoms with E-state index in [0.717, 1.165) is 26.4 Å². The monoisotopic (exact) mass is 254 g/mol. The number of pyridine rings is 1. The summed E-state index contributed by atoms with van der Waals surface area (Å²) in [7, 11) is 0. The Labute approximate surface area is 108 Å². The van der Waals surface area contributed by atoms with Gasteiger partial charge in [0.05, 0.1) is 16.4 Å². The molecule has 1 aromatic carbocycles. The fraction of sp³-hybridized carbons (Fsp3) is 0. The van der Waals surface area contributed by atoms with E-state index in [1.165, 1.54) is 0 Å². The molecule has 2 N–H and O–H groups in total. The molecule has 0 unspecified atom stereocenters. The summed E-state index contributed by atoms with van der Waals surface area (Å²) in [5.41, 5.74) is 2.99. The van der Waals surface area contributed by atoms with Gasteiger partial charge in [-0.05, 0) is 29.8 Å². The number of thiazole rings is 1. The van der Waals surface area contributed by atoms with Crippen molar-refractivity contribution in [1.29, 1.82) is 0 Å². The maximum absolute atomic E-state index is 5.15. The SMILES string of the molecule is NN=Cc1ccc2nc(-c3cccnc3)sc2c1. The van der Waals surface area contributed by atoms with Crippen molar-refractivity contribution in [2.24, 2.45) is 10.9 Å². The molecule has 0 radical (unpaired) electrons. The molecule has 0 aliphatic heterocycles. The zero-order valence-corrected chi connectivity index (χ0v) is 10.3. The minimum absolute atomic E-state index is 0.972. The summed E-state index contributed by atoms with van der Waals surface area (Å²) in [5.74, 6) is 5.15. The molecule has 0 atom stereocenters. The van der Waals surface area contributed by atoms with Crippen LogP contribution >= 0.6 is 11.3 Å². The van der Waals surface area contributed by atoms with Crippen LogP contribution in [0.15, 0.2) is 47.8 Å².